The number of ether oxygens (including phenoxy) is 1. The lowest BCUT2D eigenvalue weighted by molar-refractivity contribution is 0.111. The highest BCUT2D eigenvalue weighted by molar-refractivity contribution is 7.32. The van der Waals surface area contributed by atoms with Crippen molar-refractivity contribution in [1.29, 1.82) is 0 Å². The fraction of sp³-hybridized carbons (Fsp3) is 0.538. The topological polar surface area (TPSA) is 131 Å². The molecule has 1 atom stereocenters. The van der Waals surface area contributed by atoms with Crippen molar-refractivity contribution >= 4 is 31.1 Å². The van der Waals surface area contributed by atoms with Crippen LogP contribution in [-0.4, -0.2) is 82.2 Å². The van der Waals surface area contributed by atoms with Gasteiger partial charge in [-0.2, -0.15) is 4.98 Å². The molecule has 0 radical (unpaired) electrons. The van der Waals surface area contributed by atoms with Crippen LogP contribution in [-0.2, 0) is 22.2 Å². The van der Waals surface area contributed by atoms with Crippen molar-refractivity contribution in [2.24, 2.45) is 0 Å². The van der Waals surface area contributed by atoms with E-state index in [0.717, 1.165) is 80.3 Å². The summed E-state index contributed by atoms with van der Waals surface area (Å²) in [5.41, 5.74) is 10.0. The highest BCUT2D eigenvalue weighted by atomic mass is 31.1. The Morgan fingerprint density at radius 1 is 1.11 bits per heavy atom. The van der Waals surface area contributed by atoms with Crippen LogP contribution in [0.25, 0.3) is 11.0 Å². The van der Waals surface area contributed by atoms with Gasteiger partial charge in [0.2, 0.25) is 5.95 Å². The molecular weight excluding hydrogens is 505 g/mol. The monoisotopic (exact) mass is 545 g/mol. The van der Waals surface area contributed by atoms with Crippen LogP contribution in [0.2, 0.25) is 0 Å². The molecule has 1 aliphatic rings. The number of nitrogen functional groups attached to an aromatic ring is 1. The summed E-state index contributed by atoms with van der Waals surface area (Å²) >= 11 is 0. The molecular formula is C26H40N7O4P. The first kappa shape index (κ1) is 28.3. The van der Waals surface area contributed by atoms with Gasteiger partial charge in [0.1, 0.15) is 11.3 Å². The van der Waals surface area contributed by atoms with Crippen molar-refractivity contribution in [3.63, 3.8) is 0 Å². The molecule has 0 bridgehead atoms. The van der Waals surface area contributed by atoms with E-state index in [1.54, 1.807) is 7.11 Å². The van der Waals surface area contributed by atoms with Crippen LogP contribution in [0.1, 0.15) is 37.3 Å². The highest BCUT2D eigenvalue weighted by Gasteiger charge is 2.18. The Morgan fingerprint density at radius 2 is 1.89 bits per heavy atom. The molecule has 208 valence electrons. The van der Waals surface area contributed by atoms with Gasteiger partial charge in [-0.1, -0.05) is 31.9 Å². The molecule has 0 aliphatic carbocycles. The van der Waals surface area contributed by atoms with Gasteiger partial charge < -0.3 is 29.8 Å². The minimum absolute atomic E-state index is 0.270. The fourth-order valence-electron chi connectivity index (χ4n) is 4.85. The van der Waals surface area contributed by atoms with E-state index in [4.69, 9.17) is 19.9 Å². The first-order valence-electron chi connectivity index (χ1n) is 13.3. The number of unbranched alkanes of at least 4 members (excludes halogenated alkanes) is 2. The fourth-order valence-corrected chi connectivity index (χ4v) is 5.12. The third-order valence-corrected chi connectivity index (χ3v) is 7.35. The van der Waals surface area contributed by atoms with Crippen molar-refractivity contribution in [3.05, 3.63) is 41.6 Å². The van der Waals surface area contributed by atoms with Gasteiger partial charge in [0.15, 0.2) is 5.82 Å². The van der Waals surface area contributed by atoms with Crippen LogP contribution in [0.15, 0.2) is 30.5 Å². The van der Waals surface area contributed by atoms with Gasteiger partial charge in [0, 0.05) is 57.6 Å². The molecule has 11 nitrogen and oxygen atoms in total. The molecule has 4 rings (SSSR count). The SMILES string of the molecule is CCCCCNc1nc(N)nc2ccn(Cc3ccc(CN4CCN(CCO[PH](=O)O)CC4)cc3OC)c12. The number of fused-ring (bicyclic) bond motifs is 1. The number of nitrogens with zero attached hydrogens (tertiary/aromatic N) is 5. The van der Waals surface area contributed by atoms with Crippen molar-refractivity contribution in [3.8, 4) is 5.75 Å². The molecule has 0 saturated carbocycles. The predicted molar refractivity (Wildman–Crippen MR) is 151 cm³/mol. The number of hydrogen-bond acceptors (Lipinski definition) is 9. The molecule has 1 unspecified atom stereocenters. The Balaban J connectivity index is 1.41. The number of aromatic nitrogens is 3. The van der Waals surface area contributed by atoms with Crippen molar-refractivity contribution in [2.75, 3.05) is 64.0 Å². The molecule has 0 amide bonds. The van der Waals surface area contributed by atoms with Crippen molar-refractivity contribution in [1.82, 2.24) is 24.3 Å². The quantitative estimate of drug-likeness (QED) is 0.205. The maximum Gasteiger partial charge on any atom is 0.316 e. The molecule has 0 spiro atoms. The molecule has 1 fully saturated rings. The van der Waals surface area contributed by atoms with E-state index in [2.05, 4.69) is 54.8 Å². The Morgan fingerprint density at radius 3 is 2.63 bits per heavy atom. The van der Waals surface area contributed by atoms with Crippen molar-refractivity contribution in [2.45, 2.75) is 39.3 Å². The summed E-state index contributed by atoms with van der Waals surface area (Å²) in [7, 11) is -1.14. The first-order valence-corrected chi connectivity index (χ1v) is 14.6. The molecule has 3 aromatic rings. The summed E-state index contributed by atoms with van der Waals surface area (Å²) in [6.07, 6.45) is 5.43. The molecule has 1 aliphatic heterocycles. The molecule has 4 N–H and O–H groups in total. The van der Waals surface area contributed by atoms with E-state index in [0.29, 0.717) is 19.7 Å². The first-order chi connectivity index (χ1) is 18.5. The Hall–Kier alpha value is -2.69. The smallest absolute Gasteiger partial charge is 0.316 e. The molecule has 2 aromatic heterocycles. The van der Waals surface area contributed by atoms with Crippen LogP contribution in [0.4, 0.5) is 11.8 Å². The van der Waals surface area contributed by atoms with E-state index in [9.17, 15) is 4.57 Å². The number of nitrogens with two attached hydrogens (primary N) is 1. The van der Waals surface area contributed by atoms with Gasteiger partial charge in [0.25, 0.3) is 0 Å². The van der Waals surface area contributed by atoms with Gasteiger partial charge >= 0.3 is 8.25 Å². The summed E-state index contributed by atoms with van der Waals surface area (Å²) in [4.78, 5) is 22.4. The summed E-state index contributed by atoms with van der Waals surface area (Å²) in [6, 6.07) is 8.40. The van der Waals surface area contributed by atoms with Crippen LogP contribution >= 0.6 is 8.25 Å². The zero-order valence-corrected chi connectivity index (χ0v) is 23.4. The van der Waals surface area contributed by atoms with E-state index in [-0.39, 0.29) is 5.95 Å². The van der Waals surface area contributed by atoms with E-state index < -0.39 is 8.25 Å². The molecule has 12 heteroatoms. The van der Waals surface area contributed by atoms with E-state index in [1.807, 2.05) is 12.3 Å². The number of benzene rings is 1. The number of piperazine rings is 1. The normalized spacial score (nSPS) is 15.7. The maximum atomic E-state index is 10.7. The van der Waals surface area contributed by atoms with Crippen LogP contribution in [0.5, 0.6) is 5.75 Å². The van der Waals surface area contributed by atoms with Crippen molar-refractivity contribution < 1.29 is 18.7 Å². The van der Waals surface area contributed by atoms with Gasteiger partial charge in [-0.25, -0.2) is 4.98 Å². The minimum atomic E-state index is -2.85. The summed E-state index contributed by atoms with van der Waals surface area (Å²) in [5.74, 6) is 1.89. The Labute approximate surface area is 224 Å². The average molecular weight is 546 g/mol. The second-order valence-corrected chi connectivity index (χ2v) is 10.4. The van der Waals surface area contributed by atoms with Gasteiger partial charge in [0.05, 0.1) is 25.8 Å². The lowest BCUT2D eigenvalue weighted by atomic mass is 10.1. The van der Waals surface area contributed by atoms with Crippen LogP contribution in [0.3, 0.4) is 0 Å². The second-order valence-electron chi connectivity index (χ2n) is 9.62. The molecule has 3 heterocycles. The zero-order chi connectivity index (χ0) is 26.9. The lowest BCUT2D eigenvalue weighted by Crippen LogP contribution is -2.46. The second kappa shape index (κ2) is 13.9. The zero-order valence-electron chi connectivity index (χ0n) is 22.4. The van der Waals surface area contributed by atoms with E-state index in [1.165, 1.54) is 12.0 Å². The van der Waals surface area contributed by atoms with Gasteiger partial charge in [-0.15, -0.1) is 0 Å². The number of anilines is 2. The maximum absolute atomic E-state index is 10.7. The number of nitrogens with one attached hydrogen (secondary N) is 1. The summed E-state index contributed by atoms with van der Waals surface area (Å²) in [5, 5.41) is 3.46. The molecule has 1 saturated heterocycles. The number of rotatable bonds is 14. The van der Waals surface area contributed by atoms with E-state index >= 15 is 0 Å². The lowest BCUT2D eigenvalue weighted by Gasteiger charge is -2.34. The summed E-state index contributed by atoms with van der Waals surface area (Å²) < 4.78 is 23.5. The summed E-state index contributed by atoms with van der Waals surface area (Å²) in [6.45, 7) is 9.16. The third kappa shape index (κ3) is 7.68. The number of hydrogen-bond donors (Lipinski definition) is 3. The minimum Gasteiger partial charge on any atom is -0.496 e. The van der Waals surface area contributed by atoms with Gasteiger partial charge in [-0.05, 0) is 24.1 Å². The largest absolute Gasteiger partial charge is 0.496 e. The Kier molecular flexibility index (Phi) is 10.4. The molecule has 1 aromatic carbocycles. The highest BCUT2D eigenvalue weighted by Crippen LogP contribution is 2.27. The predicted octanol–water partition coefficient (Wildman–Crippen LogP) is 3.19. The van der Waals surface area contributed by atoms with Crippen LogP contribution in [0, 0.1) is 0 Å². The van der Waals surface area contributed by atoms with Crippen LogP contribution < -0.4 is 15.8 Å². The van der Waals surface area contributed by atoms with Gasteiger partial charge in [-0.3, -0.25) is 14.4 Å². The number of methoxy groups -OCH3 is 1. The molecule has 38 heavy (non-hydrogen) atoms. The third-order valence-electron chi connectivity index (χ3n) is 6.90. The Bertz CT molecular complexity index is 1210. The standard InChI is InChI=1S/C26H40N7O4P/c1-3-4-5-9-28-25-24-22(29-26(27)30-25)8-10-33(24)19-21-7-6-20(17-23(21)36-2)18-32-13-11-31(12-14-32)15-16-37-38(34)35/h6-8,10,17,38H,3-5,9,11-16,18-19H2,1-2H3,(H,34,35)(H3,27,28,29,30). The average Bonchev–Trinajstić information content (AvgIpc) is 3.30.